The number of carbonyl (C=O) groups excluding carboxylic acids is 1. The molecule has 1 aliphatic carbocycles. The van der Waals surface area contributed by atoms with E-state index in [1.807, 2.05) is 0 Å². The molecule has 0 bridgehead atoms. The van der Waals surface area contributed by atoms with Crippen LogP contribution in [0.3, 0.4) is 0 Å². The maximum atomic E-state index is 12.6. The van der Waals surface area contributed by atoms with Gasteiger partial charge in [0.05, 0.1) is 6.54 Å². The molecule has 6 heteroatoms. The van der Waals surface area contributed by atoms with Gasteiger partial charge in [-0.3, -0.25) is 4.79 Å². The van der Waals surface area contributed by atoms with Gasteiger partial charge in [-0.25, -0.2) is 0 Å². The Balaban J connectivity index is 2.17. The summed E-state index contributed by atoms with van der Waals surface area (Å²) in [5.74, 6) is -0.439. The fourth-order valence-corrected chi connectivity index (χ4v) is 1.88. The molecule has 1 amide bonds. The number of piperazine rings is 1. The zero-order chi connectivity index (χ0) is 10.4. The topological polar surface area (TPSA) is 32.3 Å². The van der Waals surface area contributed by atoms with Crippen LogP contribution in [0.25, 0.3) is 0 Å². The molecule has 1 heterocycles. The van der Waals surface area contributed by atoms with Gasteiger partial charge in [-0.2, -0.15) is 13.2 Å². The Hall–Kier alpha value is -0.780. The normalized spacial score (nSPS) is 26.5. The highest BCUT2D eigenvalue weighted by Gasteiger charge is 2.67. The Labute approximate surface area is 79.3 Å². The number of rotatable bonds is 1. The summed E-state index contributed by atoms with van der Waals surface area (Å²) in [7, 11) is 0. The minimum Gasteiger partial charge on any atom is -0.326 e. The molecule has 3 nitrogen and oxygen atoms in total. The van der Waals surface area contributed by atoms with Gasteiger partial charge in [-0.15, -0.1) is 0 Å². The predicted octanol–water partition coefficient (Wildman–Crippen LogP) is 0.513. The van der Waals surface area contributed by atoms with Gasteiger partial charge in [0, 0.05) is 13.1 Å². The molecule has 1 saturated heterocycles. The van der Waals surface area contributed by atoms with E-state index in [9.17, 15) is 18.0 Å². The Morgan fingerprint density at radius 3 is 2.43 bits per heavy atom. The third kappa shape index (κ3) is 1.28. The molecular formula is C8H11F3N2O. The third-order valence-corrected chi connectivity index (χ3v) is 2.86. The molecule has 0 aromatic rings. The molecule has 0 aromatic heterocycles. The average Bonchev–Trinajstić information content (AvgIpc) is 2.84. The maximum absolute atomic E-state index is 12.6. The smallest absolute Gasteiger partial charge is 0.326 e. The van der Waals surface area contributed by atoms with E-state index in [4.69, 9.17) is 0 Å². The van der Waals surface area contributed by atoms with Crippen LogP contribution >= 0.6 is 0 Å². The minimum absolute atomic E-state index is 0.0256. The largest absolute Gasteiger partial charge is 0.411 e. The van der Waals surface area contributed by atoms with Crippen molar-refractivity contribution < 1.29 is 18.0 Å². The van der Waals surface area contributed by atoms with Crippen LogP contribution in [-0.4, -0.2) is 42.2 Å². The van der Waals surface area contributed by atoms with Crippen molar-refractivity contribution >= 4 is 5.91 Å². The first-order chi connectivity index (χ1) is 6.47. The van der Waals surface area contributed by atoms with E-state index in [0.717, 1.165) is 4.90 Å². The van der Waals surface area contributed by atoms with Crippen molar-refractivity contribution in [2.24, 2.45) is 0 Å². The summed E-state index contributed by atoms with van der Waals surface area (Å²) in [4.78, 5) is 12.3. The van der Waals surface area contributed by atoms with Crippen molar-refractivity contribution in [2.75, 3.05) is 19.6 Å². The van der Waals surface area contributed by atoms with Crippen LogP contribution in [0.2, 0.25) is 0 Å². The molecule has 0 spiro atoms. The molecule has 1 aliphatic heterocycles. The quantitative estimate of drug-likeness (QED) is 0.681. The van der Waals surface area contributed by atoms with Crippen molar-refractivity contribution in [3.63, 3.8) is 0 Å². The first-order valence-corrected chi connectivity index (χ1v) is 4.55. The van der Waals surface area contributed by atoms with Gasteiger partial charge in [0.25, 0.3) is 0 Å². The van der Waals surface area contributed by atoms with Gasteiger partial charge in [0.15, 0.2) is 0 Å². The van der Waals surface area contributed by atoms with Crippen LogP contribution in [-0.2, 0) is 4.79 Å². The molecule has 2 rings (SSSR count). The van der Waals surface area contributed by atoms with Crippen molar-refractivity contribution in [1.29, 1.82) is 0 Å². The molecular weight excluding hydrogens is 197 g/mol. The fraction of sp³-hybridized carbons (Fsp3) is 0.875. The zero-order valence-electron chi connectivity index (χ0n) is 7.52. The fourth-order valence-electron chi connectivity index (χ4n) is 1.88. The van der Waals surface area contributed by atoms with Gasteiger partial charge in [0.1, 0.15) is 5.54 Å². The van der Waals surface area contributed by atoms with E-state index in [1.54, 1.807) is 0 Å². The lowest BCUT2D eigenvalue weighted by Crippen LogP contribution is -2.58. The van der Waals surface area contributed by atoms with Crippen LogP contribution in [0.15, 0.2) is 0 Å². The van der Waals surface area contributed by atoms with Crippen molar-refractivity contribution in [2.45, 2.75) is 24.6 Å². The molecule has 2 aliphatic rings. The molecule has 2 fully saturated rings. The van der Waals surface area contributed by atoms with E-state index in [2.05, 4.69) is 5.32 Å². The van der Waals surface area contributed by atoms with E-state index in [-0.39, 0.29) is 25.9 Å². The summed E-state index contributed by atoms with van der Waals surface area (Å²) in [6.07, 6.45) is -4.16. The average molecular weight is 208 g/mol. The maximum Gasteiger partial charge on any atom is 0.411 e. The number of carbonyl (C=O) groups is 1. The monoisotopic (exact) mass is 208 g/mol. The number of amides is 1. The number of nitrogens with one attached hydrogen (secondary N) is 1. The van der Waals surface area contributed by atoms with Gasteiger partial charge in [-0.1, -0.05) is 0 Å². The standard InChI is InChI=1S/C8H11F3N2O/c9-8(10,11)7(1-2-7)13-4-3-12-5-6(13)14/h12H,1-5H2. The van der Waals surface area contributed by atoms with Crippen LogP contribution < -0.4 is 5.32 Å². The number of hydrogen-bond acceptors (Lipinski definition) is 2. The summed E-state index contributed by atoms with van der Waals surface area (Å²) >= 11 is 0. The second-order valence-corrected chi connectivity index (χ2v) is 3.75. The minimum atomic E-state index is -4.28. The van der Waals surface area contributed by atoms with E-state index >= 15 is 0 Å². The van der Waals surface area contributed by atoms with Gasteiger partial charge in [-0.05, 0) is 12.8 Å². The van der Waals surface area contributed by atoms with Gasteiger partial charge >= 0.3 is 6.18 Å². The SMILES string of the molecule is O=C1CNCCN1C1(C(F)(F)F)CC1. The van der Waals surface area contributed by atoms with Crippen molar-refractivity contribution in [3.8, 4) is 0 Å². The van der Waals surface area contributed by atoms with Crippen molar-refractivity contribution in [1.82, 2.24) is 10.2 Å². The Morgan fingerprint density at radius 1 is 1.36 bits per heavy atom. The molecule has 0 unspecified atom stereocenters. The molecule has 1 N–H and O–H groups in total. The van der Waals surface area contributed by atoms with Crippen LogP contribution in [0.4, 0.5) is 13.2 Å². The second kappa shape index (κ2) is 2.85. The first kappa shape index (κ1) is 9.76. The molecule has 0 aromatic carbocycles. The zero-order valence-corrected chi connectivity index (χ0v) is 7.52. The van der Waals surface area contributed by atoms with Crippen LogP contribution in [0.5, 0.6) is 0 Å². The summed E-state index contributed by atoms with van der Waals surface area (Å²) < 4.78 is 37.9. The highest BCUT2D eigenvalue weighted by Crippen LogP contribution is 2.53. The van der Waals surface area contributed by atoms with Crippen LogP contribution in [0, 0.1) is 0 Å². The lowest BCUT2D eigenvalue weighted by atomic mass is 10.2. The lowest BCUT2D eigenvalue weighted by molar-refractivity contribution is -0.201. The molecule has 14 heavy (non-hydrogen) atoms. The van der Waals surface area contributed by atoms with E-state index in [1.165, 1.54) is 0 Å². The lowest BCUT2D eigenvalue weighted by Gasteiger charge is -2.36. The number of alkyl halides is 3. The Morgan fingerprint density at radius 2 is 2.00 bits per heavy atom. The summed E-state index contributed by atoms with van der Waals surface area (Å²) in [6, 6.07) is 0. The Bertz CT molecular complexity index is 260. The van der Waals surface area contributed by atoms with E-state index in [0.29, 0.717) is 6.54 Å². The highest BCUT2D eigenvalue weighted by atomic mass is 19.4. The molecule has 0 radical (unpaired) electrons. The number of halogens is 3. The number of nitrogens with zero attached hydrogens (tertiary/aromatic N) is 1. The third-order valence-electron chi connectivity index (χ3n) is 2.86. The summed E-state index contributed by atoms with van der Waals surface area (Å²) in [5.41, 5.74) is -1.83. The predicted molar refractivity (Wildman–Crippen MR) is 42.6 cm³/mol. The van der Waals surface area contributed by atoms with Crippen molar-refractivity contribution in [3.05, 3.63) is 0 Å². The van der Waals surface area contributed by atoms with E-state index < -0.39 is 17.6 Å². The molecule has 0 atom stereocenters. The summed E-state index contributed by atoms with van der Waals surface area (Å²) in [5, 5.41) is 2.76. The van der Waals surface area contributed by atoms with Crippen LogP contribution in [0.1, 0.15) is 12.8 Å². The highest BCUT2D eigenvalue weighted by molar-refractivity contribution is 5.80. The summed E-state index contributed by atoms with van der Waals surface area (Å²) in [6.45, 7) is 0.639. The van der Waals surface area contributed by atoms with Gasteiger partial charge in [0.2, 0.25) is 5.91 Å². The molecule has 80 valence electrons. The number of hydrogen-bond donors (Lipinski definition) is 1. The second-order valence-electron chi connectivity index (χ2n) is 3.75. The Kier molecular flexibility index (Phi) is 1.99. The van der Waals surface area contributed by atoms with Gasteiger partial charge < -0.3 is 10.2 Å². The first-order valence-electron chi connectivity index (χ1n) is 4.55. The molecule has 1 saturated carbocycles.